The molecule has 2 N–H and O–H groups in total. The fraction of sp³-hybridized carbons (Fsp3) is 0.176. The molecule has 0 aliphatic rings. The Balaban J connectivity index is 2.01. The molecule has 0 bridgehead atoms. The van der Waals surface area contributed by atoms with Crippen LogP contribution in [0.1, 0.15) is 12.6 Å². The molecule has 0 saturated carbocycles. The van der Waals surface area contributed by atoms with Gasteiger partial charge in [-0.05, 0) is 29.8 Å². The van der Waals surface area contributed by atoms with Crippen LogP contribution < -0.4 is 5.73 Å². The Morgan fingerprint density at radius 2 is 1.85 bits per heavy atom. The molecule has 0 aliphatic heterocycles. The molecule has 3 heteroatoms. The van der Waals surface area contributed by atoms with E-state index in [0.717, 1.165) is 23.5 Å². The van der Waals surface area contributed by atoms with Crippen molar-refractivity contribution in [3.63, 3.8) is 0 Å². The van der Waals surface area contributed by atoms with Gasteiger partial charge in [-0.1, -0.05) is 36.4 Å². The second-order valence-corrected chi connectivity index (χ2v) is 5.11. The molecule has 1 atom stereocenters. The summed E-state index contributed by atoms with van der Waals surface area (Å²) in [6, 6.07) is 16.6. The maximum Gasteiger partial charge on any atom is 0.159 e. The molecular weight excluding hydrogens is 246 g/mol. The van der Waals surface area contributed by atoms with E-state index in [-0.39, 0.29) is 6.04 Å². The van der Waals surface area contributed by atoms with Crippen LogP contribution >= 0.6 is 0 Å². The van der Waals surface area contributed by atoms with Crippen molar-refractivity contribution >= 4 is 10.8 Å². The molecular formula is C17H17N3. The van der Waals surface area contributed by atoms with Gasteiger partial charge < -0.3 is 5.73 Å². The Morgan fingerprint density at radius 1 is 1.05 bits per heavy atom. The van der Waals surface area contributed by atoms with E-state index in [1.165, 1.54) is 10.8 Å². The first-order valence-electron chi connectivity index (χ1n) is 6.79. The highest BCUT2D eigenvalue weighted by Gasteiger charge is 2.05. The molecule has 1 unspecified atom stereocenters. The van der Waals surface area contributed by atoms with Crippen LogP contribution in [0.3, 0.4) is 0 Å². The van der Waals surface area contributed by atoms with Gasteiger partial charge in [-0.3, -0.25) is 0 Å². The molecule has 0 amide bonds. The number of hydrogen-bond acceptors (Lipinski definition) is 3. The van der Waals surface area contributed by atoms with Gasteiger partial charge in [0.25, 0.3) is 0 Å². The van der Waals surface area contributed by atoms with Gasteiger partial charge in [0.2, 0.25) is 0 Å². The molecule has 3 nitrogen and oxygen atoms in total. The van der Waals surface area contributed by atoms with Gasteiger partial charge in [-0.15, -0.1) is 0 Å². The molecule has 0 saturated heterocycles. The van der Waals surface area contributed by atoms with Gasteiger partial charge in [-0.2, -0.15) is 0 Å². The second-order valence-electron chi connectivity index (χ2n) is 5.11. The number of hydrogen-bond donors (Lipinski definition) is 1. The molecule has 0 radical (unpaired) electrons. The molecule has 0 aliphatic carbocycles. The molecule has 1 aromatic heterocycles. The largest absolute Gasteiger partial charge is 0.328 e. The van der Waals surface area contributed by atoms with Gasteiger partial charge in [0.05, 0.1) is 0 Å². The molecule has 3 aromatic rings. The Kier molecular flexibility index (Phi) is 3.44. The fourth-order valence-corrected chi connectivity index (χ4v) is 2.31. The SMILES string of the molecule is CC(N)Cc1ccnc(-c2ccc3ccccc3c2)n1. The van der Waals surface area contributed by atoms with Crippen LogP contribution in [0.5, 0.6) is 0 Å². The Hall–Kier alpha value is -2.26. The van der Waals surface area contributed by atoms with Gasteiger partial charge in [0, 0.05) is 29.9 Å². The zero-order chi connectivity index (χ0) is 13.9. The summed E-state index contributed by atoms with van der Waals surface area (Å²) in [5, 5.41) is 2.43. The summed E-state index contributed by atoms with van der Waals surface area (Å²) < 4.78 is 0. The average Bonchev–Trinajstić information content (AvgIpc) is 2.46. The van der Waals surface area contributed by atoms with E-state index in [1.54, 1.807) is 6.20 Å². The highest BCUT2D eigenvalue weighted by molar-refractivity contribution is 5.86. The smallest absolute Gasteiger partial charge is 0.159 e. The molecule has 0 spiro atoms. The summed E-state index contributed by atoms with van der Waals surface area (Å²) in [7, 11) is 0. The molecule has 0 fully saturated rings. The summed E-state index contributed by atoms with van der Waals surface area (Å²) in [6.45, 7) is 1.98. The first-order chi connectivity index (χ1) is 9.72. The summed E-state index contributed by atoms with van der Waals surface area (Å²) in [5.41, 5.74) is 7.85. The minimum atomic E-state index is 0.106. The standard InChI is InChI=1S/C17H17N3/c1-12(18)10-16-8-9-19-17(20-16)15-7-6-13-4-2-3-5-14(13)11-15/h2-9,11-12H,10,18H2,1H3. The van der Waals surface area contributed by atoms with E-state index in [4.69, 9.17) is 5.73 Å². The fourth-order valence-electron chi connectivity index (χ4n) is 2.31. The van der Waals surface area contributed by atoms with Crippen molar-refractivity contribution < 1.29 is 0 Å². The van der Waals surface area contributed by atoms with E-state index in [9.17, 15) is 0 Å². The quantitative estimate of drug-likeness (QED) is 0.789. The van der Waals surface area contributed by atoms with Crippen LogP contribution in [-0.2, 0) is 6.42 Å². The highest BCUT2D eigenvalue weighted by Crippen LogP contribution is 2.21. The number of aromatic nitrogens is 2. The number of nitrogens with zero attached hydrogens (tertiary/aromatic N) is 2. The summed E-state index contributed by atoms with van der Waals surface area (Å²) in [4.78, 5) is 8.97. The normalized spacial score (nSPS) is 12.5. The maximum absolute atomic E-state index is 5.83. The predicted octanol–water partition coefficient (Wildman–Crippen LogP) is 3.19. The van der Waals surface area contributed by atoms with E-state index >= 15 is 0 Å². The van der Waals surface area contributed by atoms with Crippen LogP contribution in [0.2, 0.25) is 0 Å². The van der Waals surface area contributed by atoms with Crippen molar-refractivity contribution in [3.8, 4) is 11.4 Å². The third kappa shape index (κ3) is 2.68. The lowest BCUT2D eigenvalue weighted by Crippen LogP contribution is -2.18. The van der Waals surface area contributed by atoms with Crippen molar-refractivity contribution in [1.82, 2.24) is 9.97 Å². The monoisotopic (exact) mass is 263 g/mol. The van der Waals surface area contributed by atoms with Crippen molar-refractivity contribution in [2.45, 2.75) is 19.4 Å². The molecule has 2 aromatic carbocycles. The first kappa shape index (κ1) is 12.8. The maximum atomic E-state index is 5.83. The van der Waals surface area contributed by atoms with E-state index < -0.39 is 0 Å². The van der Waals surface area contributed by atoms with Crippen molar-refractivity contribution in [2.75, 3.05) is 0 Å². The van der Waals surface area contributed by atoms with Crippen LogP contribution in [0.15, 0.2) is 54.7 Å². The van der Waals surface area contributed by atoms with Gasteiger partial charge in [0.15, 0.2) is 5.82 Å². The summed E-state index contributed by atoms with van der Waals surface area (Å²) in [6.07, 6.45) is 2.57. The number of nitrogens with two attached hydrogens (primary N) is 1. The van der Waals surface area contributed by atoms with Crippen LogP contribution in [0.25, 0.3) is 22.2 Å². The van der Waals surface area contributed by atoms with Crippen LogP contribution in [0.4, 0.5) is 0 Å². The van der Waals surface area contributed by atoms with Crippen molar-refractivity contribution in [1.29, 1.82) is 0 Å². The predicted molar refractivity (Wildman–Crippen MR) is 82.3 cm³/mol. The minimum absolute atomic E-state index is 0.106. The molecule has 20 heavy (non-hydrogen) atoms. The Labute approximate surface area is 118 Å². The number of rotatable bonds is 3. The third-order valence-corrected chi connectivity index (χ3v) is 3.25. The van der Waals surface area contributed by atoms with E-state index in [0.29, 0.717) is 0 Å². The Bertz CT molecular complexity index is 735. The van der Waals surface area contributed by atoms with Gasteiger partial charge >= 0.3 is 0 Å². The molecule has 3 rings (SSSR count). The Morgan fingerprint density at radius 3 is 2.65 bits per heavy atom. The average molecular weight is 263 g/mol. The third-order valence-electron chi connectivity index (χ3n) is 3.25. The summed E-state index contributed by atoms with van der Waals surface area (Å²) in [5.74, 6) is 0.758. The van der Waals surface area contributed by atoms with Crippen molar-refractivity contribution in [3.05, 3.63) is 60.4 Å². The van der Waals surface area contributed by atoms with E-state index in [1.807, 2.05) is 25.1 Å². The summed E-state index contributed by atoms with van der Waals surface area (Å²) >= 11 is 0. The number of benzene rings is 2. The lowest BCUT2D eigenvalue weighted by atomic mass is 10.1. The van der Waals surface area contributed by atoms with Crippen LogP contribution in [-0.4, -0.2) is 16.0 Å². The first-order valence-corrected chi connectivity index (χ1v) is 6.79. The highest BCUT2D eigenvalue weighted by atomic mass is 14.9. The lowest BCUT2D eigenvalue weighted by molar-refractivity contribution is 0.720. The zero-order valence-electron chi connectivity index (χ0n) is 11.5. The topological polar surface area (TPSA) is 51.8 Å². The van der Waals surface area contributed by atoms with Crippen molar-refractivity contribution in [2.24, 2.45) is 5.73 Å². The molecule has 100 valence electrons. The minimum Gasteiger partial charge on any atom is -0.328 e. The number of fused-ring (bicyclic) bond motifs is 1. The van der Waals surface area contributed by atoms with Gasteiger partial charge in [0.1, 0.15) is 0 Å². The zero-order valence-corrected chi connectivity index (χ0v) is 11.5. The lowest BCUT2D eigenvalue weighted by Gasteiger charge is -2.07. The van der Waals surface area contributed by atoms with Gasteiger partial charge in [-0.25, -0.2) is 9.97 Å². The van der Waals surface area contributed by atoms with Crippen LogP contribution in [0, 0.1) is 0 Å². The van der Waals surface area contributed by atoms with E-state index in [2.05, 4.69) is 40.3 Å². The molecule has 1 heterocycles. The second kappa shape index (κ2) is 5.39.